The molecule has 1 aromatic carbocycles. The third kappa shape index (κ3) is 3.66. The molecule has 1 saturated heterocycles. The Kier molecular flexibility index (Phi) is 5.04. The molecular weight excluding hydrogens is 344 g/mol. The number of H-pyrrole nitrogens is 1. The lowest BCUT2D eigenvalue weighted by Crippen LogP contribution is -2.30. The number of nitrogens with one attached hydrogen (secondary N) is 2. The van der Waals surface area contributed by atoms with E-state index in [1.807, 2.05) is 17.5 Å². The number of nitrogens with zero attached hydrogens (tertiary/aromatic N) is 2. The van der Waals surface area contributed by atoms with Gasteiger partial charge in [0.25, 0.3) is 0 Å². The predicted octanol–water partition coefficient (Wildman–Crippen LogP) is 3.78. The molecule has 1 aliphatic rings. The summed E-state index contributed by atoms with van der Waals surface area (Å²) in [5, 5.41) is 5.05. The highest BCUT2D eigenvalue weighted by Gasteiger charge is 2.28. The average molecular weight is 369 g/mol. The Hall–Kier alpha value is -2.18. The van der Waals surface area contributed by atoms with Gasteiger partial charge < -0.3 is 10.3 Å². The highest BCUT2D eigenvalue weighted by atomic mass is 32.1. The molecule has 2 N–H and O–H groups in total. The van der Waals surface area contributed by atoms with E-state index in [4.69, 9.17) is 4.98 Å². The number of thiophene rings is 1. The lowest BCUT2D eigenvalue weighted by atomic mass is 10.2. The summed E-state index contributed by atoms with van der Waals surface area (Å²) in [5.41, 5.74) is 3.35. The van der Waals surface area contributed by atoms with Crippen molar-refractivity contribution in [1.82, 2.24) is 20.2 Å². The van der Waals surface area contributed by atoms with E-state index < -0.39 is 0 Å². The minimum Gasteiger partial charge on any atom is -0.351 e. The van der Waals surface area contributed by atoms with Crippen LogP contribution in [0.3, 0.4) is 0 Å². The third-order valence-electron chi connectivity index (χ3n) is 5.08. The summed E-state index contributed by atoms with van der Waals surface area (Å²) in [6.07, 6.45) is 2.77. The number of amides is 1. The van der Waals surface area contributed by atoms with E-state index in [0.29, 0.717) is 13.0 Å². The first-order valence-electron chi connectivity index (χ1n) is 9.19. The quantitative estimate of drug-likeness (QED) is 0.696. The van der Waals surface area contributed by atoms with Gasteiger partial charge in [-0.25, -0.2) is 4.98 Å². The molecule has 136 valence electrons. The van der Waals surface area contributed by atoms with E-state index in [-0.39, 0.29) is 11.9 Å². The zero-order valence-electron chi connectivity index (χ0n) is 15.0. The lowest BCUT2D eigenvalue weighted by Gasteiger charge is -2.22. The fourth-order valence-electron chi connectivity index (χ4n) is 3.69. The molecular formula is C20H24N4OS. The molecule has 3 aromatic rings. The van der Waals surface area contributed by atoms with Crippen LogP contribution in [0.5, 0.6) is 0 Å². The van der Waals surface area contributed by atoms with Crippen molar-refractivity contribution in [2.45, 2.75) is 38.8 Å². The number of carbonyl (C=O) groups is 1. The summed E-state index contributed by atoms with van der Waals surface area (Å²) in [6, 6.07) is 10.6. The van der Waals surface area contributed by atoms with Crippen molar-refractivity contribution in [1.29, 1.82) is 0 Å². The Balaban J connectivity index is 1.37. The summed E-state index contributed by atoms with van der Waals surface area (Å²) >= 11 is 1.67. The van der Waals surface area contributed by atoms with Crippen LogP contribution >= 0.6 is 11.3 Å². The van der Waals surface area contributed by atoms with Crippen LogP contribution in [0, 0.1) is 6.92 Å². The van der Waals surface area contributed by atoms with Crippen molar-refractivity contribution in [3.8, 4) is 0 Å². The van der Waals surface area contributed by atoms with Crippen LogP contribution < -0.4 is 5.32 Å². The SMILES string of the molecule is Cc1cccc2[nH]c([C@H]3CCCN3CCC(=O)NCc3cccs3)nc12. The van der Waals surface area contributed by atoms with Gasteiger partial charge in [-0.3, -0.25) is 9.69 Å². The van der Waals surface area contributed by atoms with Gasteiger partial charge in [0.05, 0.1) is 23.6 Å². The van der Waals surface area contributed by atoms with Crippen LogP contribution in [-0.2, 0) is 11.3 Å². The molecule has 0 aliphatic carbocycles. The number of aryl methyl sites for hydroxylation is 1. The maximum Gasteiger partial charge on any atom is 0.221 e. The molecule has 5 nitrogen and oxygen atoms in total. The molecule has 0 saturated carbocycles. The van der Waals surface area contributed by atoms with Gasteiger partial charge >= 0.3 is 0 Å². The Bertz CT molecular complexity index is 886. The van der Waals surface area contributed by atoms with Crippen LogP contribution in [0.25, 0.3) is 11.0 Å². The van der Waals surface area contributed by atoms with Gasteiger partial charge in [-0.1, -0.05) is 18.2 Å². The second-order valence-electron chi connectivity index (χ2n) is 6.89. The average Bonchev–Trinajstić information content (AvgIpc) is 3.37. The van der Waals surface area contributed by atoms with E-state index in [1.54, 1.807) is 11.3 Å². The summed E-state index contributed by atoms with van der Waals surface area (Å²) in [7, 11) is 0. The molecule has 1 aliphatic heterocycles. The Labute approximate surface area is 157 Å². The topological polar surface area (TPSA) is 61.0 Å². The van der Waals surface area contributed by atoms with E-state index >= 15 is 0 Å². The first-order valence-corrected chi connectivity index (χ1v) is 10.1. The van der Waals surface area contributed by atoms with E-state index in [0.717, 1.165) is 42.8 Å². The van der Waals surface area contributed by atoms with Gasteiger partial charge in [0.15, 0.2) is 0 Å². The molecule has 3 heterocycles. The minimum absolute atomic E-state index is 0.115. The molecule has 1 fully saturated rings. The van der Waals surface area contributed by atoms with Gasteiger partial charge in [-0.15, -0.1) is 11.3 Å². The Morgan fingerprint density at radius 2 is 2.31 bits per heavy atom. The summed E-state index contributed by atoms with van der Waals surface area (Å²) in [5.74, 6) is 1.15. The molecule has 0 spiro atoms. The monoisotopic (exact) mass is 368 g/mol. The normalized spacial score (nSPS) is 17.8. The van der Waals surface area contributed by atoms with E-state index in [1.165, 1.54) is 10.4 Å². The summed E-state index contributed by atoms with van der Waals surface area (Å²) in [4.78, 5) is 24.1. The predicted molar refractivity (Wildman–Crippen MR) is 105 cm³/mol. The van der Waals surface area contributed by atoms with Crippen molar-refractivity contribution >= 4 is 28.3 Å². The van der Waals surface area contributed by atoms with Gasteiger partial charge in [0.1, 0.15) is 5.82 Å². The van der Waals surface area contributed by atoms with Gasteiger partial charge in [-0.05, 0) is 49.4 Å². The molecule has 2 aromatic heterocycles. The molecule has 0 bridgehead atoms. The van der Waals surface area contributed by atoms with Crippen LogP contribution in [-0.4, -0.2) is 33.9 Å². The molecule has 0 radical (unpaired) electrons. The number of carbonyl (C=O) groups excluding carboxylic acids is 1. The molecule has 1 atom stereocenters. The molecule has 26 heavy (non-hydrogen) atoms. The number of rotatable bonds is 6. The number of para-hydroxylation sites is 1. The van der Waals surface area contributed by atoms with E-state index in [2.05, 4.69) is 40.3 Å². The number of imidazole rings is 1. The maximum absolute atomic E-state index is 12.2. The highest BCUT2D eigenvalue weighted by molar-refractivity contribution is 7.09. The highest BCUT2D eigenvalue weighted by Crippen LogP contribution is 2.31. The summed E-state index contributed by atoms with van der Waals surface area (Å²) in [6.45, 7) is 4.52. The number of benzene rings is 1. The van der Waals surface area contributed by atoms with Crippen molar-refractivity contribution < 1.29 is 4.79 Å². The number of aromatic amines is 1. The maximum atomic E-state index is 12.2. The second-order valence-corrected chi connectivity index (χ2v) is 7.93. The van der Waals surface area contributed by atoms with Gasteiger partial charge in [-0.2, -0.15) is 0 Å². The van der Waals surface area contributed by atoms with Crippen LogP contribution in [0.15, 0.2) is 35.7 Å². The standard InChI is InChI=1S/C20H24N4OS/c1-14-5-2-7-16-19(14)23-20(22-16)17-8-3-10-24(17)11-9-18(25)21-13-15-6-4-12-26-15/h2,4-7,12,17H,3,8-11,13H2,1H3,(H,21,25)(H,22,23)/t17-/m1/s1. The number of fused-ring (bicyclic) bond motifs is 1. The van der Waals surface area contributed by atoms with Gasteiger partial charge in [0, 0.05) is 17.8 Å². The fraction of sp³-hybridized carbons (Fsp3) is 0.400. The largest absolute Gasteiger partial charge is 0.351 e. The van der Waals surface area contributed by atoms with Crippen LogP contribution in [0.2, 0.25) is 0 Å². The number of hydrogen-bond acceptors (Lipinski definition) is 4. The zero-order chi connectivity index (χ0) is 17.9. The first kappa shape index (κ1) is 17.2. The van der Waals surface area contributed by atoms with Crippen molar-refractivity contribution in [2.24, 2.45) is 0 Å². The Morgan fingerprint density at radius 1 is 1.38 bits per heavy atom. The van der Waals surface area contributed by atoms with E-state index in [9.17, 15) is 4.79 Å². The van der Waals surface area contributed by atoms with Crippen molar-refractivity contribution in [3.63, 3.8) is 0 Å². The van der Waals surface area contributed by atoms with Crippen molar-refractivity contribution in [3.05, 3.63) is 52.0 Å². The lowest BCUT2D eigenvalue weighted by molar-refractivity contribution is -0.121. The number of aromatic nitrogens is 2. The molecule has 4 rings (SSSR count). The van der Waals surface area contributed by atoms with Gasteiger partial charge in [0.2, 0.25) is 5.91 Å². The third-order valence-corrected chi connectivity index (χ3v) is 5.95. The zero-order valence-corrected chi connectivity index (χ0v) is 15.8. The molecule has 1 amide bonds. The Morgan fingerprint density at radius 3 is 3.12 bits per heavy atom. The molecule has 0 unspecified atom stereocenters. The van der Waals surface area contributed by atoms with Crippen LogP contribution in [0.4, 0.5) is 0 Å². The number of likely N-dealkylation sites (tertiary alicyclic amines) is 1. The first-order chi connectivity index (χ1) is 12.7. The minimum atomic E-state index is 0.115. The summed E-state index contributed by atoms with van der Waals surface area (Å²) < 4.78 is 0. The fourth-order valence-corrected chi connectivity index (χ4v) is 4.33. The second kappa shape index (κ2) is 7.60. The molecule has 6 heteroatoms. The van der Waals surface area contributed by atoms with Crippen LogP contribution in [0.1, 0.15) is 41.6 Å². The smallest absolute Gasteiger partial charge is 0.221 e. The number of hydrogen-bond donors (Lipinski definition) is 2. The van der Waals surface area contributed by atoms with Crippen molar-refractivity contribution in [2.75, 3.05) is 13.1 Å².